The molecule has 0 spiro atoms. The molecular weight excluding hydrogens is 254 g/mol. The Morgan fingerprint density at radius 3 is 2.70 bits per heavy atom. The van der Waals surface area contributed by atoms with Crippen molar-refractivity contribution in [1.29, 1.82) is 0 Å². The van der Waals surface area contributed by atoms with Gasteiger partial charge in [0.2, 0.25) is 0 Å². The molecule has 20 heavy (non-hydrogen) atoms. The summed E-state index contributed by atoms with van der Waals surface area (Å²) in [6.45, 7) is 2.10. The van der Waals surface area contributed by atoms with Gasteiger partial charge in [-0.15, -0.1) is 0 Å². The van der Waals surface area contributed by atoms with E-state index in [1.165, 1.54) is 0 Å². The summed E-state index contributed by atoms with van der Waals surface area (Å²) in [4.78, 5) is 12.1. The SMILES string of the molecule is COc1ccccc1CNC(=O)c1cccc(C)c1O. The molecule has 2 N–H and O–H groups in total. The van der Waals surface area contributed by atoms with Crippen molar-refractivity contribution >= 4 is 5.91 Å². The molecular formula is C16H17NO3. The molecule has 0 radical (unpaired) electrons. The molecule has 0 unspecified atom stereocenters. The number of nitrogens with one attached hydrogen (secondary N) is 1. The van der Waals surface area contributed by atoms with Gasteiger partial charge in [-0.2, -0.15) is 0 Å². The summed E-state index contributed by atoms with van der Waals surface area (Å²) in [5, 5.41) is 12.7. The fraction of sp³-hybridized carbons (Fsp3) is 0.188. The second kappa shape index (κ2) is 6.10. The van der Waals surface area contributed by atoms with Crippen LogP contribution in [0.25, 0.3) is 0 Å². The number of amides is 1. The van der Waals surface area contributed by atoms with E-state index in [0.29, 0.717) is 12.1 Å². The molecule has 104 valence electrons. The molecule has 4 heteroatoms. The van der Waals surface area contributed by atoms with E-state index in [9.17, 15) is 9.90 Å². The van der Waals surface area contributed by atoms with Crippen molar-refractivity contribution in [2.75, 3.05) is 7.11 Å². The van der Waals surface area contributed by atoms with Crippen LogP contribution in [0.4, 0.5) is 0 Å². The number of carbonyl (C=O) groups excluding carboxylic acids is 1. The third-order valence-electron chi connectivity index (χ3n) is 3.11. The van der Waals surface area contributed by atoms with Gasteiger partial charge in [0.1, 0.15) is 11.5 Å². The lowest BCUT2D eigenvalue weighted by Gasteiger charge is -2.11. The molecule has 0 atom stereocenters. The van der Waals surface area contributed by atoms with Gasteiger partial charge >= 0.3 is 0 Å². The Bertz CT molecular complexity index is 623. The minimum Gasteiger partial charge on any atom is -0.507 e. The number of aromatic hydroxyl groups is 1. The highest BCUT2D eigenvalue weighted by molar-refractivity contribution is 5.97. The normalized spacial score (nSPS) is 10.1. The first-order chi connectivity index (χ1) is 9.63. The smallest absolute Gasteiger partial charge is 0.255 e. The average molecular weight is 271 g/mol. The lowest BCUT2D eigenvalue weighted by molar-refractivity contribution is 0.0948. The van der Waals surface area contributed by atoms with Crippen LogP contribution in [0.5, 0.6) is 11.5 Å². The molecule has 0 saturated carbocycles. The van der Waals surface area contributed by atoms with Gasteiger partial charge in [0, 0.05) is 12.1 Å². The second-order valence-corrected chi connectivity index (χ2v) is 4.47. The van der Waals surface area contributed by atoms with Crippen LogP contribution in [0, 0.1) is 6.92 Å². The van der Waals surface area contributed by atoms with E-state index in [-0.39, 0.29) is 17.2 Å². The van der Waals surface area contributed by atoms with Crippen LogP contribution in [0.2, 0.25) is 0 Å². The molecule has 1 amide bonds. The predicted molar refractivity (Wildman–Crippen MR) is 77.0 cm³/mol. The van der Waals surface area contributed by atoms with Gasteiger partial charge in [-0.05, 0) is 24.6 Å². The van der Waals surface area contributed by atoms with Crippen molar-refractivity contribution in [2.24, 2.45) is 0 Å². The fourth-order valence-corrected chi connectivity index (χ4v) is 1.96. The Balaban J connectivity index is 2.11. The first-order valence-corrected chi connectivity index (χ1v) is 6.32. The maximum absolute atomic E-state index is 12.1. The number of benzene rings is 2. The maximum Gasteiger partial charge on any atom is 0.255 e. The summed E-state index contributed by atoms with van der Waals surface area (Å²) in [5.41, 5.74) is 1.84. The summed E-state index contributed by atoms with van der Waals surface area (Å²) in [6, 6.07) is 12.6. The maximum atomic E-state index is 12.1. The van der Waals surface area contributed by atoms with Crippen molar-refractivity contribution in [3.05, 3.63) is 59.2 Å². The van der Waals surface area contributed by atoms with Crippen molar-refractivity contribution in [2.45, 2.75) is 13.5 Å². The van der Waals surface area contributed by atoms with Crippen LogP contribution in [0.3, 0.4) is 0 Å². The molecule has 0 heterocycles. The van der Waals surface area contributed by atoms with E-state index in [2.05, 4.69) is 5.32 Å². The lowest BCUT2D eigenvalue weighted by atomic mass is 10.1. The molecule has 0 saturated heterocycles. The first-order valence-electron chi connectivity index (χ1n) is 6.32. The average Bonchev–Trinajstić information content (AvgIpc) is 2.48. The molecule has 4 nitrogen and oxygen atoms in total. The Labute approximate surface area is 118 Å². The number of phenolic OH excluding ortho intramolecular Hbond substituents is 1. The monoisotopic (exact) mass is 271 g/mol. The van der Waals surface area contributed by atoms with Crippen molar-refractivity contribution < 1.29 is 14.6 Å². The van der Waals surface area contributed by atoms with Gasteiger partial charge in [-0.25, -0.2) is 0 Å². The van der Waals surface area contributed by atoms with Gasteiger partial charge in [0.25, 0.3) is 5.91 Å². The van der Waals surface area contributed by atoms with Crippen LogP contribution >= 0.6 is 0 Å². The largest absolute Gasteiger partial charge is 0.507 e. The molecule has 2 rings (SSSR count). The van der Waals surface area contributed by atoms with E-state index in [4.69, 9.17) is 4.74 Å². The number of aryl methyl sites for hydroxylation is 1. The minimum atomic E-state index is -0.308. The Hall–Kier alpha value is -2.49. The zero-order chi connectivity index (χ0) is 14.5. The van der Waals surface area contributed by atoms with Crippen molar-refractivity contribution in [3.63, 3.8) is 0 Å². The number of rotatable bonds is 4. The molecule has 0 aromatic heterocycles. The molecule has 0 aliphatic carbocycles. The van der Waals surface area contributed by atoms with E-state index >= 15 is 0 Å². The second-order valence-electron chi connectivity index (χ2n) is 4.47. The summed E-state index contributed by atoms with van der Waals surface area (Å²) in [7, 11) is 1.59. The van der Waals surface area contributed by atoms with Gasteiger partial charge < -0.3 is 15.2 Å². The number of hydrogen-bond donors (Lipinski definition) is 2. The van der Waals surface area contributed by atoms with Crippen molar-refractivity contribution in [1.82, 2.24) is 5.32 Å². The molecule has 0 aliphatic rings. The third kappa shape index (κ3) is 2.91. The van der Waals surface area contributed by atoms with Crippen LogP contribution in [-0.2, 0) is 6.54 Å². The van der Waals surface area contributed by atoms with Crippen LogP contribution in [0.15, 0.2) is 42.5 Å². The first kappa shape index (κ1) is 13.9. The zero-order valence-electron chi connectivity index (χ0n) is 11.5. The van der Waals surface area contributed by atoms with Crippen LogP contribution < -0.4 is 10.1 Å². The molecule has 0 fully saturated rings. The Kier molecular flexibility index (Phi) is 4.25. The Morgan fingerprint density at radius 2 is 1.95 bits per heavy atom. The molecule has 0 bridgehead atoms. The molecule has 0 aliphatic heterocycles. The summed E-state index contributed by atoms with van der Waals surface area (Å²) in [5.74, 6) is 0.434. The highest BCUT2D eigenvalue weighted by atomic mass is 16.5. The minimum absolute atomic E-state index is 0.0185. The van der Waals surface area contributed by atoms with Gasteiger partial charge in [0.15, 0.2) is 0 Å². The lowest BCUT2D eigenvalue weighted by Crippen LogP contribution is -2.23. The quantitative estimate of drug-likeness (QED) is 0.898. The van der Waals surface area contributed by atoms with Crippen molar-refractivity contribution in [3.8, 4) is 11.5 Å². The molecule has 2 aromatic carbocycles. The summed E-state index contributed by atoms with van der Waals surface area (Å²) in [6.07, 6.45) is 0. The number of hydrogen-bond acceptors (Lipinski definition) is 3. The van der Waals surface area contributed by atoms with E-state index < -0.39 is 0 Å². The van der Waals surface area contributed by atoms with Gasteiger partial charge in [-0.1, -0.05) is 30.3 Å². The van der Waals surface area contributed by atoms with Gasteiger partial charge in [0.05, 0.1) is 12.7 Å². The zero-order valence-corrected chi connectivity index (χ0v) is 11.5. The number of phenols is 1. The number of methoxy groups -OCH3 is 1. The topological polar surface area (TPSA) is 58.6 Å². The van der Waals surface area contributed by atoms with E-state index in [1.54, 1.807) is 32.2 Å². The van der Waals surface area contributed by atoms with Gasteiger partial charge in [-0.3, -0.25) is 4.79 Å². The number of carbonyl (C=O) groups is 1. The standard InChI is InChI=1S/C16H17NO3/c1-11-6-5-8-13(15(11)18)16(19)17-10-12-7-3-4-9-14(12)20-2/h3-9,18H,10H2,1-2H3,(H,17,19). The van der Waals surface area contributed by atoms with E-state index in [0.717, 1.165) is 11.3 Å². The van der Waals surface area contributed by atoms with E-state index in [1.807, 2.05) is 24.3 Å². The predicted octanol–water partition coefficient (Wildman–Crippen LogP) is 2.64. The summed E-state index contributed by atoms with van der Waals surface area (Å²) < 4.78 is 5.23. The fourth-order valence-electron chi connectivity index (χ4n) is 1.96. The van der Waals surface area contributed by atoms with Crippen LogP contribution in [-0.4, -0.2) is 18.1 Å². The number of para-hydroxylation sites is 2. The number of ether oxygens (including phenoxy) is 1. The Morgan fingerprint density at radius 1 is 1.20 bits per heavy atom. The van der Waals surface area contributed by atoms with Crippen LogP contribution in [0.1, 0.15) is 21.5 Å². The highest BCUT2D eigenvalue weighted by Gasteiger charge is 2.12. The highest BCUT2D eigenvalue weighted by Crippen LogP contribution is 2.22. The summed E-state index contributed by atoms with van der Waals surface area (Å²) >= 11 is 0. The molecule has 2 aromatic rings. The third-order valence-corrected chi connectivity index (χ3v) is 3.11.